The third kappa shape index (κ3) is 3.88. The molecule has 1 heterocycles. The van der Waals surface area contributed by atoms with Crippen molar-refractivity contribution < 1.29 is 13.7 Å². The van der Waals surface area contributed by atoms with Crippen molar-refractivity contribution in [3.05, 3.63) is 47.1 Å². The van der Waals surface area contributed by atoms with Gasteiger partial charge >= 0.3 is 0 Å². The number of anilines is 1. The summed E-state index contributed by atoms with van der Waals surface area (Å²) in [4.78, 5) is 14.0. The van der Waals surface area contributed by atoms with E-state index in [9.17, 15) is 9.18 Å². The lowest BCUT2D eigenvalue weighted by atomic mass is 10.2. The standard InChI is InChI=1S/C16H19FN2O2S/c1-4-19(14-7-5-13(17)6-8-14)16(20)10-22-9-15-11(2)18-21-12(15)3/h5-8H,4,9-10H2,1-3H3. The van der Waals surface area contributed by atoms with Crippen LogP contribution in [0.5, 0.6) is 0 Å². The molecule has 0 unspecified atom stereocenters. The Hall–Kier alpha value is -1.82. The maximum atomic E-state index is 13.0. The number of hydrogen-bond acceptors (Lipinski definition) is 4. The van der Waals surface area contributed by atoms with Gasteiger partial charge in [0.15, 0.2) is 0 Å². The molecule has 0 aliphatic carbocycles. The SMILES string of the molecule is CCN(C(=O)CSCc1c(C)noc1C)c1ccc(F)cc1. The number of carbonyl (C=O) groups is 1. The van der Waals surface area contributed by atoms with Gasteiger partial charge in [0, 0.05) is 23.5 Å². The van der Waals surface area contributed by atoms with Gasteiger partial charge in [0.05, 0.1) is 11.4 Å². The van der Waals surface area contributed by atoms with Gasteiger partial charge in [0.2, 0.25) is 5.91 Å². The molecule has 0 saturated carbocycles. The Labute approximate surface area is 133 Å². The van der Waals surface area contributed by atoms with Crippen molar-refractivity contribution in [1.82, 2.24) is 5.16 Å². The summed E-state index contributed by atoms with van der Waals surface area (Å²) in [6, 6.07) is 5.97. The normalized spacial score (nSPS) is 10.7. The molecule has 0 saturated heterocycles. The number of hydrogen-bond donors (Lipinski definition) is 0. The van der Waals surface area contributed by atoms with Gasteiger partial charge in [-0.15, -0.1) is 11.8 Å². The summed E-state index contributed by atoms with van der Waals surface area (Å²) in [5.74, 6) is 1.54. The van der Waals surface area contributed by atoms with E-state index in [2.05, 4.69) is 5.16 Å². The van der Waals surface area contributed by atoms with Crippen molar-refractivity contribution >= 4 is 23.4 Å². The molecule has 0 fully saturated rings. The van der Waals surface area contributed by atoms with Crippen LogP contribution in [0, 0.1) is 19.7 Å². The van der Waals surface area contributed by atoms with Gasteiger partial charge in [0.25, 0.3) is 0 Å². The smallest absolute Gasteiger partial charge is 0.236 e. The number of nitrogens with zero attached hydrogens (tertiary/aromatic N) is 2. The van der Waals surface area contributed by atoms with Gasteiger partial charge in [-0.3, -0.25) is 4.79 Å². The Morgan fingerprint density at radius 2 is 2.00 bits per heavy atom. The number of amides is 1. The third-order valence-corrected chi connectivity index (χ3v) is 4.35. The van der Waals surface area contributed by atoms with Crippen molar-refractivity contribution in [2.75, 3.05) is 17.2 Å². The van der Waals surface area contributed by atoms with E-state index in [4.69, 9.17) is 4.52 Å². The van der Waals surface area contributed by atoms with Crippen LogP contribution >= 0.6 is 11.8 Å². The van der Waals surface area contributed by atoms with Crippen LogP contribution in [-0.4, -0.2) is 23.4 Å². The summed E-state index contributed by atoms with van der Waals surface area (Å²) in [5, 5.41) is 3.90. The first-order valence-electron chi connectivity index (χ1n) is 7.08. The maximum Gasteiger partial charge on any atom is 0.236 e. The van der Waals surface area contributed by atoms with Gasteiger partial charge in [-0.25, -0.2) is 4.39 Å². The summed E-state index contributed by atoms with van der Waals surface area (Å²) in [6.45, 7) is 6.22. The minimum absolute atomic E-state index is 0.00543. The summed E-state index contributed by atoms with van der Waals surface area (Å²) in [7, 11) is 0. The fourth-order valence-electron chi connectivity index (χ4n) is 2.15. The highest BCUT2D eigenvalue weighted by molar-refractivity contribution is 7.99. The number of rotatable bonds is 6. The molecule has 0 aliphatic rings. The van der Waals surface area contributed by atoms with E-state index in [0.717, 1.165) is 17.0 Å². The Kier molecular flexibility index (Phi) is 5.60. The van der Waals surface area contributed by atoms with E-state index >= 15 is 0 Å². The minimum atomic E-state index is -0.306. The second kappa shape index (κ2) is 7.45. The quantitative estimate of drug-likeness (QED) is 0.813. The van der Waals surface area contributed by atoms with Gasteiger partial charge in [-0.1, -0.05) is 5.16 Å². The van der Waals surface area contributed by atoms with Crippen LogP contribution in [0.3, 0.4) is 0 Å². The fraction of sp³-hybridized carbons (Fsp3) is 0.375. The van der Waals surface area contributed by atoms with Crippen LogP contribution in [0.25, 0.3) is 0 Å². The molecule has 6 heteroatoms. The van der Waals surface area contributed by atoms with E-state index in [-0.39, 0.29) is 11.7 Å². The monoisotopic (exact) mass is 322 g/mol. The summed E-state index contributed by atoms with van der Waals surface area (Å²) < 4.78 is 18.1. The molecule has 22 heavy (non-hydrogen) atoms. The Morgan fingerprint density at radius 3 is 2.55 bits per heavy atom. The minimum Gasteiger partial charge on any atom is -0.361 e. The maximum absolute atomic E-state index is 13.0. The Bertz CT molecular complexity index is 621. The molecule has 0 bridgehead atoms. The number of thioether (sulfide) groups is 1. The Morgan fingerprint density at radius 1 is 1.32 bits per heavy atom. The summed E-state index contributed by atoms with van der Waals surface area (Å²) in [5.41, 5.74) is 2.62. The highest BCUT2D eigenvalue weighted by Crippen LogP contribution is 2.21. The molecule has 1 aromatic heterocycles. The molecule has 0 aliphatic heterocycles. The first-order valence-corrected chi connectivity index (χ1v) is 8.23. The zero-order valence-electron chi connectivity index (χ0n) is 12.9. The third-order valence-electron chi connectivity index (χ3n) is 3.41. The lowest BCUT2D eigenvalue weighted by molar-refractivity contribution is -0.116. The molecular weight excluding hydrogens is 303 g/mol. The zero-order valence-corrected chi connectivity index (χ0v) is 13.7. The largest absolute Gasteiger partial charge is 0.361 e. The molecule has 1 aromatic carbocycles. The van der Waals surface area contributed by atoms with Gasteiger partial charge in [-0.2, -0.15) is 0 Å². The Balaban J connectivity index is 1.94. The fourth-order valence-corrected chi connectivity index (χ4v) is 3.20. The van der Waals surface area contributed by atoms with Crippen molar-refractivity contribution in [2.45, 2.75) is 26.5 Å². The van der Waals surface area contributed by atoms with Crippen LogP contribution in [0.15, 0.2) is 28.8 Å². The lowest BCUT2D eigenvalue weighted by Crippen LogP contribution is -2.32. The lowest BCUT2D eigenvalue weighted by Gasteiger charge is -2.20. The zero-order chi connectivity index (χ0) is 16.1. The highest BCUT2D eigenvalue weighted by atomic mass is 32.2. The van der Waals surface area contributed by atoms with Crippen LogP contribution < -0.4 is 4.90 Å². The molecule has 0 radical (unpaired) electrons. The predicted molar refractivity (Wildman–Crippen MR) is 86.6 cm³/mol. The number of halogens is 1. The number of aryl methyl sites for hydroxylation is 2. The van der Waals surface area contributed by atoms with Gasteiger partial charge < -0.3 is 9.42 Å². The number of carbonyl (C=O) groups excluding carboxylic acids is 1. The molecule has 1 amide bonds. The first-order chi connectivity index (χ1) is 10.5. The second-order valence-electron chi connectivity index (χ2n) is 4.91. The van der Waals surface area contributed by atoms with E-state index in [1.165, 1.54) is 23.9 Å². The molecule has 0 spiro atoms. The van der Waals surface area contributed by atoms with Crippen LogP contribution in [0.2, 0.25) is 0 Å². The van der Waals surface area contributed by atoms with E-state index in [1.807, 2.05) is 20.8 Å². The first kappa shape index (κ1) is 16.5. The van der Waals surface area contributed by atoms with Crippen molar-refractivity contribution in [1.29, 1.82) is 0 Å². The molecule has 0 atom stereocenters. The van der Waals surface area contributed by atoms with Crippen molar-refractivity contribution in [3.63, 3.8) is 0 Å². The molecular formula is C16H19FN2O2S. The molecule has 118 valence electrons. The van der Waals surface area contributed by atoms with Crippen molar-refractivity contribution in [2.24, 2.45) is 0 Å². The number of benzene rings is 1. The van der Waals surface area contributed by atoms with Crippen LogP contribution in [0.1, 0.15) is 23.9 Å². The van der Waals surface area contributed by atoms with Gasteiger partial charge in [0.1, 0.15) is 11.6 Å². The van der Waals surface area contributed by atoms with Crippen molar-refractivity contribution in [3.8, 4) is 0 Å². The molecule has 4 nitrogen and oxygen atoms in total. The topological polar surface area (TPSA) is 46.3 Å². The van der Waals surface area contributed by atoms with E-state index in [0.29, 0.717) is 23.7 Å². The highest BCUT2D eigenvalue weighted by Gasteiger charge is 2.15. The molecule has 2 aromatic rings. The predicted octanol–water partition coefficient (Wildman–Crippen LogP) is 3.72. The average Bonchev–Trinajstić information content (AvgIpc) is 2.82. The van der Waals surface area contributed by atoms with Crippen LogP contribution in [0.4, 0.5) is 10.1 Å². The molecule has 2 rings (SSSR count). The second-order valence-corrected chi connectivity index (χ2v) is 5.90. The van der Waals surface area contributed by atoms with Crippen LogP contribution in [-0.2, 0) is 10.5 Å². The average molecular weight is 322 g/mol. The van der Waals surface area contributed by atoms with Gasteiger partial charge in [-0.05, 0) is 45.0 Å². The number of aromatic nitrogens is 1. The van der Waals surface area contributed by atoms with E-state index < -0.39 is 0 Å². The summed E-state index contributed by atoms with van der Waals surface area (Å²) >= 11 is 1.52. The van der Waals surface area contributed by atoms with E-state index in [1.54, 1.807) is 17.0 Å². The molecule has 0 N–H and O–H groups in total. The summed E-state index contributed by atoms with van der Waals surface area (Å²) in [6.07, 6.45) is 0.